The number of nitrogens with one attached hydrogen (secondary N) is 1. The number of ether oxygens (including phenoxy) is 1. The van der Waals surface area contributed by atoms with Crippen LogP contribution in [0.5, 0.6) is 0 Å². The van der Waals surface area contributed by atoms with Gasteiger partial charge in [0.05, 0.1) is 10.1 Å². The van der Waals surface area contributed by atoms with Gasteiger partial charge < -0.3 is 15.8 Å². The van der Waals surface area contributed by atoms with E-state index in [-0.39, 0.29) is 11.4 Å². The highest BCUT2D eigenvalue weighted by Crippen LogP contribution is 2.23. The van der Waals surface area contributed by atoms with Gasteiger partial charge in [-0.25, -0.2) is 13.2 Å². The normalized spacial score (nSPS) is 12.3. The molecule has 7 heteroatoms. The smallest absolute Gasteiger partial charge is 0.407 e. The van der Waals surface area contributed by atoms with E-state index in [0.29, 0.717) is 11.3 Å². The molecule has 0 aromatic heterocycles. The number of carbonyl (C=O) groups is 1. The average Bonchev–Trinajstić information content (AvgIpc) is 2.33. The Morgan fingerprint density at radius 1 is 1.32 bits per heavy atom. The van der Waals surface area contributed by atoms with Crippen LogP contribution in [0.1, 0.15) is 40.2 Å². The van der Waals surface area contributed by atoms with E-state index in [1.807, 2.05) is 0 Å². The molecule has 0 aliphatic rings. The van der Waals surface area contributed by atoms with E-state index in [9.17, 15) is 13.2 Å². The molecule has 0 saturated carbocycles. The topological polar surface area (TPSA) is 98.5 Å². The van der Waals surface area contributed by atoms with Gasteiger partial charge in [-0.2, -0.15) is 0 Å². The standard InChI is InChI=1S/C15H24N2O4S/c1-10(2)22(19,20)13-7-6-12(16)8-11(13)9-17-14(18)21-15(3,4)5/h6-8,10H,9,16H2,1-5H3,(H,17,18). The predicted octanol–water partition coefficient (Wildman–Crippen LogP) is 2.48. The highest BCUT2D eigenvalue weighted by atomic mass is 32.2. The van der Waals surface area contributed by atoms with Crippen molar-refractivity contribution in [2.45, 2.75) is 56.9 Å². The van der Waals surface area contributed by atoms with Crippen LogP contribution in [0.4, 0.5) is 10.5 Å². The molecule has 0 heterocycles. The summed E-state index contributed by atoms with van der Waals surface area (Å²) in [4.78, 5) is 11.9. The maximum absolute atomic E-state index is 12.4. The fraction of sp³-hybridized carbons (Fsp3) is 0.533. The monoisotopic (exact) mass is 328 g/mol. The van der Waals surface area contributed by atoms with Crippen LogP contribution in [0, 0.1) is 0 Å². The average molecular weight is 328 g/mol. The van der Waals surface area contributed by atoms with Crippen molar-refractivity contribution < 1.29 is 17.9 Å². The first-order valence-electron chi connectivity index (χ1n) is 7.02. The van der Waals surface area contributed by atoms with Gasteiger partial charge in [0, 0.05) is 12.2 Å². The van der Waals surface area contributed by atoms with Crippen molar-refractivity contribution in [2.75, 3.05) is 5.73 Å². The highest BCUT2D eigenvalue weighted by Gasteiger charge is 2.23. The lowest BCUT2D eigenvalue weighted by Gasteiger charge is -2.20. The number of hydrogen-bond acceptors (Lipinski definition) is 5. The molecule has 1 amide bonds. The Kier molecular flexibility index (Phi) is 5.45. The van der Waals surface area contributed by atoms with Crippen molar-refractivity contribution in [2.24, 2.45) is 0 Å². The molecule has 0 atom stereocenters. The third kappa shape index (κ3) is 4.91. The number of nitrogen functional groups attached to an aromatic ring is 1. The van der Waals surface area contributed by atoms with Crippen molar-refractivity contribution in [3.05, 3.63) is 23.8 Å². The molecule has 0 radical (unpaired) electrons. The molecular weight excluding hydrogens is 304 g/mol. The minimum absolute atomic E-state index is 0.0290. The Bertz CT molecular complexity index is 646. The van der Waals surface area contributed by atoms with E-state index in [1.54, 1.807) is 40.7 Å². The Hall–Kier alpha value is -1.76. The fourth-order valence-corrected chi connectivity index (χ4v) is 3.01. The van der Waals surface area contributed by atoms with Gasteiger partial charge in [-0.3, -0.25) is 0 Å². The van der Waals surface area contributed by atoms with Crippen LogP contribution in [-0.4, -0.2) is 25.4 Å². The van der Waals surface area contributed by atoms with Gasteiger partial charge in [0.2, 0.25) is 0 Å². The van der Waals surface area contributed by atoms with Gasteiger partial charge >= 0.3 is 6.09 Å². The molecule has 1 rings (SSSR count). The Labute approximate surface area is 132 Å². The molecule has 3 N–H and O–H groups in total. The molecule has 0 saturated heterocycles. The Morgan fingerprint density at radius 2 is 1.91 bits per heavy atom. The SMILES string of the molecule is CC(C)S(=O)(=O)c1ccc(N)cc1CNC(=O)OC(C)(C)C. The molecule has 0 bridgehead atoms. The zero-order chi connectivity index (χ0) is 17.1. The molecule has 6 nitrogen and oxygen atoms in total. The summed E-state index contributed by atoms with van der Waals surface area (Å²) >= 11 is 0. The van der Waals surface area contributed by atoms with Crippen LogP contribution in [0.3, 0.4) is 0 Å². The molecule has 22 heavy (non-hydrogen) atoms. The summed E-state index contributed by atoms with van der Waals surface area (Å²) in [5.41, 5.74) is 5.98. The van der Waals surface area contributed by atoms with Gasteiger partial charge in [-0.05, 0) is 58.4 Å². The quantitative estimate of drug-likeness (QED) is 0.827. The number of nitrogens with two attached hydrogens (primary N) is 1. The lowest BCUT2D eigenvalue weighted by atomic mass is 10.2. The molecule has 1 aromatic rings. The second-order valence-electron chi connectivity index (χ2n) is 6.32. The summed E-state index contributed by atoms with van der Waals surface area (Å²) in [6, 6.07) is 4.55. The third-order valence-electron chi connectivity index (χ3n) is 2.83. The first kappa shape index (κ1) is 18.3. The highest BCUT2D eigenvalue weighted by molar-refractivity contribution is 7.92. The fourth-order valence-electron chi connectivity index (χ4n) is 1.75. The van der Waals surface area contributed by atoms with E-state index in [4.69, 9.17) is 10.5 Å². The Morgan fingerprint density at radius 3 is 2.41 bits per heavy atom. The number of sulfone groups is 1. The largest absolute Gasteiger partial charge is 0.444 e. The van der Waals surface area contributed by atoms with Crippen molar-refractivity contribution in [1.82, 2.24) is 5.32 Å². The molecule has 0 fully saturated rings. The van der Waals surface area contributed by atoms with Gasteiger partial charge in [0.15, 0.2) is 9.84 Å². The Balaban J connectivity index is 3.00. The first-order chi connectivity index (χ1) is 9.93. The van der Waals surface area contributed by atoms with Crippen molar-refractivity contribution in [3.8, 4) is 0 Å². The lowest BCUT2D eigenvalue weighted by Crippen LogP contribution is -2.32. The second kappa shape index (κ2) is 6.56. The van der Waals surface area contributed by atoms with Crippen molar-refractivity contribution in [1.29, 1.82) is 0 Å². The van der Waals surface area contributed by atoms with Gasteiger partial charge in [-0.1, -0.05) is 0 Å². The lowest BCUT2D eigenvalue weighted by molar-refractivity contribution is 0.0523. The molecule has 0 unspecified atom stereocenters. The minimum atomic E-state index is -3.46. The van der Waals surface area contributed by atoms with E-state index >= 15 is 0 Å². The van der Waals surface area contributed by atoms with Gasteiger partial charge in [0.1, 0.15) is 5.60 Å². The zero-order valence-electron chi connectivity index (χ0n) is 13.6. The number of amides is 1. The number of benzene rings is 1. The summed E-state index contributed by atoms with van der Waals surface area (Å²) in [6.07, 6.45) is -0.609. The predicted molar refractivity (Wildman–Crippen MR) is 86.2 cm³/mol. The molecule has 0 spiro atoms. The van der Waals surface area contributed by atoms with E-state index in [1.165, 1.54) is 12.1 Å². The summed E-state index contributed by atoms with van der Waals surface area (Å²) in [5, 5.41) is 1.99. The van der Waals surface area contributed by atoms with Crippen molar-refractivity contribution in [3.63, 3.8) is 0 Å². The molecular formula is C15H24N2O4S. The van der Waals surface area contributed by atoms with Crippen molar-refractivity contribution >= 4 is 21.6 Å². The van der Waals surface area contributed by atoms with Gasteiger partial charge in [0.25, 0.3) is 0 Å². The number of carbonyl (C=O) groups excluding carboxylic acids is 1. The molecule has 1 aromatic carbocycles. The minimum Gasteiger partial charge on any atom is -0.444 e. The maximum atomic E-state index is 12.4. The summed E-state index contributed by atoms with van der Waals surface area (Å²) in [7, 11) is -3.46. The van der Waals surface area contributed by atoms with Crippen LogP contribution >= 0.6 is 0 Å². The molecule has 0 aliphatic heterocycles. The molecule has 124 valence electrons. The van der Waals surface area contributed by atoms with E-state index in [0.717, 1.165) is 0 Å². The van der Waals surface area contributed by atoms with Crippen LogP contribution in [-0.2, 0) is 21.1 Å². The number of alkyl carbamates (subject to hydrolysis) is 1. The van der Waals surface area contributed by atoms with Gasteiger partial charge in [-0.15, -0.1) is 0 Å². The zero-order valence-corrected chi connectivity index (χ0v) is 14.5. The molecule has 0 aliphatic carbocycles. The maximum Gasteiger partial charge on any atom is 0.407 e. The van der Waals surface area contributed by atoms with E-state index < -0.39 is 26.8 Å². The number of anilines is 1. The first-order valence-corrected chi connectivity index (χ1v) is 8.57. The summed E-state index contributed by atoms with van der Waals surface area (Å²) in [6.45, 7) is 8.50. The summed E-state index contributed by atoms with van der Waals surface area (Å²) in [5.74, 6) is 0. The number of rotatable bonds is 4. The second-order valence-corrected chi connectivity index (χ2v) is 8.79. The van der Waals surface area contributed by atoms with Crippen LogP contribution in [0.25, 0.3) is 0 Å². The van der Waals surface area contributed by atoms with Crippen LogP contribution in [0.2, 0.25) is 0 Å². The third-order valence-corrected chi connectivity index (χ3v) is 5.09. The van der Waals surface area contributed by atoms with E-state index in [2.05, 4.69) is 5.32 Å². The van der Waals surface area contributed by atoms with Crippen LogP contribution in [0.15, 0.2) is 23.1 Å². The summed E-state index contributed by atoms with van der Waals surface area (Å²) < 4.78 is 29.8. The number of hydrogen-bond donors (Lipinski definition) is 2. The van der Waals surface area contributed by atoms with Crippen LogP contribution < -0.4 is 11.1 Å².